The van der Waals surface area contributed by atoms with Gasteiger partial charge in [0.25, 0.3) is 0 Å². The minimum absolute atomic E-state index is 0.434. The Balaban J connectivity index is 1.86. The molecule has 0 amide bonds. The van der Waals surface area contributed by atoms with E-state index < -0.39 is 0 Å². The molecule has 18 heavy (non-hydrogen) atoms. The lowest BCUT2D eigenvalue weighted by Gasteiger charge is -2.14. The van der Waals surface area contributed by atoms with Crippen molar-refractivity contribution in [2.24, 2.45) is 0 Å². The SMILES string of the molecule is CCC(C)Nc1cc(NCC2CCCN2)ncn1. The van der Waals surface area contributed by atoms with Crippen LogP contribution in [0.5, 0.6) is 0 Å². The van der Waals surface area contributed by atoms with E-state index >= 15 is 0 Å². The monoisotopic (exact) mass is 249 g/mol. The molecule has 0 saturated carbocycles. The summed E-state index contributed by atoms with van der Waals surface area (Å²) in [7, 11) is 0. The van der Waals surface area contributed by atoms with Gasteiger partial charge in [-0.1, -0.05) is 6.92 Å². The average molecular weight is 249 g/mol. The first-order chi connectivity index (χ1) is 8.78. The minimum atomic E-state index is 0.434. The molecule has 100 valence electrons. The van der Waals surface area contributed by atoms with Crippen LogP contribution in [-0.4, -0.2) is 35.1 Å². The Labute approximate surface area is 109 Å². The first-order valence-corrected chi connectivity index (χ1v) is 6.83. The zero-order valence-electron chi connectivity index (χ0n) is 11.2. The lowest BCUT2D eigenvalue weighted by Crippen LogP contribution is -2.29. The highest BCUT2D eigenvalue weighted by Crippen LogP contribution is 2.12. The molecule has 0 aromatic carbocycles. The molecule has 5 heteroatoms. The largest absolute Gasteiger partial charge is 0.368 e. The molecular weight excluding hydrogens is 226 g/mol. The van der Waals surface area contributed by atoms with E-state index in [-0.39, 0.29) is 0 Å². The quantitative estimate of drug-likeness (QED) is 0.718. The van der Waals surface area contributed by atoms with Crippen LogP contribution in [0, 0.1) is 0 Å². The number of anilines is 2. The maximum Gasteiger partial charge on any atom is 0.131 e. The van der Waals surface area contributed by atoms with Gasteiger partial charge in [0, 0.05) is 24.7 Å². The Morgan fingerprint density at radius 1 is 1.44 bits per heavy atom. The van der Waals surface area contributed by atoms with E-state index in [1.807, 2.05) is 6.07 Å². The lowest BCUT2D eigenvalue weighted by atomic mass is 10.2. The third-order valence-corrected chi connectivity index (χ3v) is 3.37. The van der Waals surface area contributed by atoms with Gasteiger partial charge in [0.05, 0.1) is 0 Å². The van der Waals surface area contributed by atoms with Gasteiger partial charge in [0.15, 0.2) is 0 Å². The van der Waals surface area contributed by atoms with Crippen LogP contribution in [0.1, 0.15) is 33.1 Å². The summed E-state index contributed by atoms with van der Waals surface area (Å²) < 4.78 is 0. The van der Waals surface area contributed by atoms with Crippen molar-refractivity contribution < 1.29 is 0 Å². The van der Waals surface area contributed by atoms with Crippen LogP contribution < -0.4 is 16.0 Å². The minimum Gasteiger partial charge on any atom is -0.368 e. The van der Waals surface area contributed by atoms with Gasteiger partial charge >= 0.3 is 0 Å². The zero-order chi connectivity index (χ0) is 12.8. The highest BCUT2D eigenvalue weighted by molar-refractivity contribution is 5.46. The molecule has 1 saturated heterocycles. The van der Waals surface area contributed by atoms with Crippen LogP contribution >= 0.6 is 0 Å². The van der Waals surface area contributed by atoms with Crippen molar-refractivity contribution in [3.8, 4) is 0 Å². The van der Waals surface area contributed by atoms with Crippen LogP contribution in [0.3, 0.4) is 0 Å². The molecule has 2 rings (SSSR count). The molecule has 3 N–H and O–H groups in total. The van der Waals surface area contributed by atoms with Crippen molar-refractivity contribution >= 4 is 11.6 Å². The van der Waals surface area contributed by atoms with Gasteiger partial charge in [0.2, 0.25) is 0 Å². The molecule has 1 aliphatic rings. The molecule has 2 atom stereocenters. The predicted octanol–water partition coefficient (Wildman–Crippen LogP) is 1.85. The van der Waals surface area contributed by atoms with Gasteiger partial charge in [-0.3, -0.25) is 0 Å². The van der Waals surface area contributed by atoms with E-state index in [2.05, 4.69) is 39.8 Å². The standard InChI is InChI=1S/C13H23N5/c1-3-10(2)18-13-7-12(16-9-17-13)15-8-11-5-4-6-14-11/h7,9-11,14H,3-6,8H2,1-2H3,(H2,15,16,17,18). The van der Waals surface area contributed by atoms with Gasteiger partial charge in [0.1, 0.15) is 18.0 Å². The molecule has 2 heterocycles. The fraction of sp³-hybridized carbons (Fsp3) is 0.692. The Morgan fingerprint density at radius 2 is 2.28 bits per heavy atom. The Bertz CT molecular complexity index is 362. The van der Waals surface area contributed by atoms with Crippen molar-refractivity contribution in [3.05, 3.63) is 12.4 Å². The second-order valence-electron chi connectivity index (χ2n) is 4.92. The fourth-order valence-corrected chi connectivity index (χ4v) is 2.05. The maximum atomic E-state index is 4.24. The van der Waals surface area contributed by atoms with Crippen molar-refractivity contribution in [1.82, 2.24) is 15.3 Å². The van der Waals surface area contributed by atoms with Crippen molar-refractivity contribution in [2.45, 2.75) is 45.2 Å². The summed E-state index contributed by atoms with van der Waals surface area (Å²) in [6, 6.07) is 2.98. The van der Waals surface area contributed by atoms with Crippen molar-refractivity contribution in [1.29, 1.82) is 0 Å². The Kier molecular flexibility index (Phi) is 4.75. The maximum absolute atomic E-state index is 4.24. The number of nitrogens with one attached hydrogen (secondary N) is 3. The van der Waals surface area contributed by atoms with E-state index in [9.17, 15) is 0 Å². The predicted molar refractivity (Wildman–Crippen MR) is 74.9 cm³/mol. The number of hydrogen-bond donors (Lipinski definition) is 3. The molecule has 2 unspecified atom stereocenters. The van der Waals surface area contributed by atoms with Crippen molar-refractivity contribution in [3.63, 3.8) is 0 Å². The number of rotatable bonds is 6. The lowest BCUT2D eigenvalue weighted by molar-refractivity contribution is 0.632. The zero-order valence-corrected chi connectivity index (χ0v) is 11.2. The molecule has 1 aromatic rings. The van der Waals surface area contributed by atoms with E-state index in [0.717, 1.165) is 31.1 Å². The number of hydrogen-bond acceptors (Lipinski definition) is 5. The van der Waals surface area contributed by atoms with Crippen LogP contribution in [0.25, 0.3) is 0 Å². The van der Waals surface area contributed by atoms with Crippen LogP contribution in [0.15, 0.2) is 12.4 Å². The summed E-state index contributed by atoms with van der Waals surface area (Å²) in [5, 5.41) is 10.2. The van der Waals surface area contributed by atoms with Crippen LogP contribution in [0.4, 0.5) is 11.6 Å². The average Bonchev–Trinajstić information content (AvgIpc) is 2.90. The van der Waals surface area contributed by atoms with E-state index in [1.54, 1.807) is 6.33 Å². The Morgan fingerprint density at radius 3 is 3.00 bits per heavy atom. The third kappa shape index (κ3) is 3.84. The van der Waals surface area contributed by atoms with E-state index in [0.29, 0.717) is 12.1 Å². The first-order valence-electron chi connectivity index (χ1n) is 6.83. The van der Waals surface area contributed by atoms with Gasteiger partial charge in [-0.2, -0.15) is 0 Å². The highest BCUT2D eigenvalue weighted by atomic mass is 15.1. The summed E-state index contributed by atoms with van der Waals surface area (Å²) in [6.45, 7) is 6.37. The van der Waals surface area contributed by atoms with Gasteiger partial charge in [-0.05, 0) is 32.7 Å². The fourth-order valence-electron chi connectivity index (χ4n) is 2.05. The molecule has 5 nitrogen and oxygen atoms in total. The molecule has 1 fully saturated rings. The number of aromatic nitrogens is 2. The van der Waals surface area contributed by atoms with Crippen LogP contribution in [0.2, 0.25) is 0 Å². The first kappa shape index (κ1) is 13.1. The molecule has 1 aromatic heterocycles. The van der Waals surface area contributed by atoms with Gasteiger partial charge in [-0.25, -0.2) is 9.97 Å². The normalized spacial score (nSPS) is 20.7. The second kappa shape index (κ2) is 6.54. The highest BCUT2D eigenvalue weighted by Gasteiger charge is 2.13. The van der Waals surface area contributed by atoms with E-state index in [1.165, 1.54) is 12.8 Å². The number of nitrogens with zero attached hydrogens (tertiary/aromatic N) is 2. The van der Waals surface area contributed by atoms with Gasteiger partial charge in [-0.15, -0.1) is 0 Å². The summed E-state index contributed by atoms with van der Waals surface area (Å²) in [6.07, 6.45) is 5.21. The summed E-state index contributed by atoms with van der Waals surface area (Å²) in [5.74, 6) is 1.78. The molecule has 0 radical (unpaired) electrons. The van der Waals surface area contributed by atoms with Gasteiger partial charge < -0.3 is 16.0 Å². The Hall–Kier alpha value is -1.36. The molecule has 0 bridgehead atoms. The molecule has 0 aliphatic carbocycles. The van der Waals surface area contributed by atoms with Crippen molar-refractivity contribution in [2.75, 3.05) is 23.7 Å². The smallest absolute Gasteiger partial charge is 0.131 e. The molecular formula is C13H23N5. The second-order valence-corrected chi connectivity index (χ2v) is 4.92. The summed E-state index contributed by atoms with van der Waals surface area (Å²) in [4.78, 5) is 8.47. The summed E-state index contributed by atoms with van der Waals surface area (Å²) >= 11 is 0. The topological polar surface area (TPSA) is 61.9 Å². The summed E-state index contributed by atoms with van der Waals surface area (Å²) in [5.41, 5.74) is 0. The third-order valence-electron chi connectivity index (χ3n) is 3.37. The molecule has 1 aliphatic heterocycles. The van der Waals surface area contributed by atoms with E-state index in [4.69, 9.17) is 0 Å². The van der Waals surface area contributed by atoms with Crippen LogP contribution in [-0.2, 0) is 0 Å². The molecule has 0 spiro atoms.